The normalized spacial score (nSPS) is 21.0. The number of benzene rings is 1. The number of carbonyl (C=O) groups excluding carboxylic acids is 2. The Hall–Kier alpha value is -2.08. The van der Waals surface area contributed by atoms with E-state index in [0.717, 1.165) is 31.2 Å². The molecule has 0 atom stereocenters. The molecule has 6 nitrogen and oxygen atoms in total. The minimum Gasteiger partial charge on any atom is -0.429 e. The highest BCUT2D eigenvalue weighted by Gasteiger charge is 2.23. The van der Waals surface area contributed by atoms with Crippen molar-refractivity contribution in [3.63, 3.8) is 0 Å². The van der Waals surface area contributed by atoms with Crippen LogP contribution in [0, 0.1) is 12.8 Å². The van der Waals surface area contributed by atoms with Gasteiger partial charge in [-0.1, -0.05) is 24.6 Å². The van der Waals surface area contributed by atoms with Gasteiger partial charge in [-0.05, 0) is 50.7 Å². The van der Waals surface area contributed by atoms with Gasteiger partial charge in [0.2, 0.25) is 0 Å². The minimum absolute atomic E-state index is 0.167. The van der Waals surface area contributed by atoms with Gasteiger partial charge in [-0.2, -0.15) is 0 Å². The lowest BCUT2D eigenvalue weighted by molar-refractivity contribution is -0.453. The lowest BCUT2D eigenvalue weighted by Gasteiger charge is -2.24. The minimum atomic E-state index is -1.00. The van der Waals surface area contributed by atoms with E-state index >= 15 is 0 Å². The van der Waals surface area contributed by atoms with E-state index in [2.05, 4.69) is 21.7 Å². The Balaban J connectivity index is 1.67. The summed E-state index contributed by atoms with van der Waals surface area (Å²) in [5.41, 5.74) is 1.21. The second kappa shape index (κ2) is 7.79. The maximum Gasteiger partial charge on any atom is 0.543 e. The summed E-state index contributed by atoms with van der Waals surface area (Å²) < 4.78 is 5.07. The Labute approximate surface area is 129 Å². The first-order chi connectivity index (χ1) is 10.5. The molecule has 1 aliphatic rings. The summed E-state index contributed by atoms with van der Waals surface area (Å²) in [5.74, 6) is -0.0922. The number of ether oxygens (including phenoxy) is 1. The van der Waals surface area contributed by atoms with Crippen LogP contribution in [0.4, 0.5) is 4.79 Å². The summed E-state index contributed by atoms with van der Waals surface area (Å²) in [7, 11) is 0. The van der Waals surface area contributed by atoms with E-state index in [1.807, 2.05) is 13.0 Å². The highest BCUT2D eigenvalue weighted by atomic mass is 17.5. The van der Waals surface area contributed by atoms with Gasteiger partial charge < -0.3 is 4.74 Å². The average molecular weight is 308 g/mol. The molecule has 0 radical (unpaired) electrons. The monoisotopic (exact) mass is 308 g/mol. The highest BCUT2D eigenvalue weighted by molar-refractivity contribution is 5.89. The van der Waals surface area contributed by atoms with Crippen LogP contribution < -0.4 is 0 Å². The Bertz CT molecular complexity index is 519. The molecule has 6 heteroatoms. The van der Waals surface area contributed by atoms with Gasteiger partial charge in [-0.15, -0.1) is 0 Å². The molecule has 1 aromatic carbocycles. The lowest BCUT2D eigenvalue weighted by Crippen LogP contribution is -2.24. The summed E-state index contributed by atoms with van der Waals surface area (Å²) in [6.45, 7) is 4.01. The molecule has 1 saturated carbocycles. The molecule has 2 rings (SSSR count). The van der Waals surface area contributed by atoms with Gasteiger partial charge in [0.1, 0.15) is 6.10 Å². The second-order valence-corrected chi connectivity index (χ2v) is 5.64. The standard InChI is InChI=1S/C16H20O6/c1-11-6-8-14(9-7-11)19-16(18)21-22-20-15(17)13-5-3-4-12(2)10-13/h3-5,10-11,14H,6-9H2,1-2H3. The zero-order chi connectivity index (χ0) is 15.9. The van der Waals surface area contributed by atoms with Crippen LogP contribution in [-0.4, -0.2) is 18.2 Å². The van der Waals surface area contributed by atoms with Gasteiger partial charge in [-0.3, -0.25) is 4.89 Å². The van der Waals surface area contributed by atoms with Crippen LogP contribution >= 0.6 is 0 Å². The van der Waals surface area contributed by atoms with Crippen LogP contribution in [0.2, 0.25) is 0 Å². The number of aryl methyl sites for hydroxylation is 1. The molecule has 0 unspecified atom stereocenters. The summed E-state index contributed by atoms with van der Waals surface area (Å²) in [4.78, 5) is 31.7. The van der Waals surface area contributed by atoms with Gasteiger partial charge in [0, 0.05) is 0 Å². The van der Waals surface area contributed by atoms with Crippen molar-refractivity contribution in [2.24, 2.45) is 5.92 Å². The number of hydrogen-bond donors (Lipinski definition) is 0. The fraction of sp³-hybridized carbons (Fsp3) is 0.500. The van der Waals surface area contributed by atoms with Crippen molar-refractivity contribution in [2.45, 2.75) is 45.6 Å². The summed E-state index contributed by atoms with van der Waals surface area (Å²) in [6, 6.07) is 6.76. The molecule has 0 amide bonds. The Morgan fingerprint density at radius 2 is 1.82 bits per heavy atom. The molecule has 1 aliphatic carbocycles. The van der Waals surface area contributed by atoms with Crippen molar-refractivity contribution in [1.82, 2.24) is 0 Å². The third-order valence-corrected chi connectivity index (χ3v) is 3.69. The predicted octanol–water partition coefficient (Wildman–Crippen LogP) is 3.73. The molecule has 1 fully saturated rings. The topological polar surface area (TPSA) is 71.1 Å². The van der Waals surface area contributed by atoms with Crippen LogP contribution in [0.3, 0.4) is 0 Å². The van der Waals surface area contributed by atoms with Crippen LogP contribution in [-0.2, 0) is 19.6 Å². The van der Waals surface area contributed by atoms with Gasteiger partial charge in [0.25, 0.3) is 0 Å². The summed E-state index contributed by atoms with van der Waals surface area (Å²) >= 11 is 0. The van der Waals surface area contributed by atoms with Crippen LogP contribution in [0.25, 0.3) is 0 Å². The zero-order valence-electron chi connectivity index (χ0n) is 12.7. The molecule has 0 heterocycles. The van der Waals surface area contributed by atoms with Crippen LogP contribution in [0.1, 0.15) is 48.5 Å². The van der Waals surface area contributed by atoms with Gasteiger partial charge in [0.05, 0.1) is 10.6 Å². The summed E-state index contributed by atoms with van der Waals surface area (Å²) in [6.07, 6.45) is 2.47. The fourth-order valence-electron chi connectivity index (χ4n) is 2.40. The van der Waals surface area contributed by atoms with Crippen LogP contribution in [0.5, 0.6) is 0 Å². The predicted molar refractivity (Wildman–Crippen MR) is 76.7 cm³/mol. The molecule has 0 bridgehead atoms. The van der Waals surface area contributed by atoms with Gasteiger partial charge >= 0.3 is 12.1 Å². The van der Waals surface area contributed by atoms with Crippen LogP contribution in [0.15, 0.2) is 24.3 Å². The summed E-state index contributed by atoms with van der Waals surface area (Å²) in [5, 5.41) is 4.19. The Morgan fingerprint density at radius 1 is 1.09 bits per heavy atom. The SMILES string of the molecule is Cc1cccc(C(=O)OOOC(=O)OC2CCC(C)CC2)c1. The van der Waals surface area contributed by atoms with Crippen molar-refractivity contribution in [1.29, 1.82) is 0 Å². The van der Waals surface area contributed by atoms with Crippen molar-refractivity contribution in [3.8, 4) is 0 Å². The van der Waals surface area contributed by atoms with Crippen molar-refractivity contribution in [3.05, 3.63) is 35.4 Å². The van der Waals surface area contributed by atoms with Crippen molar-refractivity contribution in [2.75, 3.05) is 0 Å². The van der Waals surface area contributed by atoms with E-state index in [-0.39, 0.29) is 6.10 Å². The molecule has 22 heavy (non-hydrogen) atoms. The zero-order valence-corrected chi connectivity index (χ0v) is 12.7. The van der Waals surface area contributed by atoms with Crippen molar-refractivity contribution >= 4 is 12.1 Å². The Kier molecular flexibility index (Phi) is 5.77. The molecule has 0 aromatic heterocycles. The van der Waals surface area contributed by atoms with E-state index < -0.39 is 12.1 Å². The number of carbonyl (C=O) groups is 2. The third-order valence-electron chi connectivity index (χ3n) is 3.69. The van der Waals surface area contributed by atoms with E-state index in [1.54, 1.807) is 18.2 Å². The first kappa shape index (κ1) is 16.3. The largest absolute Gasteiger partial charge is 0.543 e. The smallest absolute Gasteiger partial charge is 0.429 e. The average Bonchev–Trinajstić information content (AvgIpc) is 2.49. The molecule has 1 aromatic rings. The van der Waals surface area contributed by atoms with E-state index in [9.17, 15) is 9.59 Å². The van der Waals surface area contributed by atoms with E-state index in [0.29, 0.717) is 11.5 Å². The molecule has 120 valence electrons. The Morgan fingerprint density at radius 3 is 2.50 bits per heavy atom. The quantitative estimate of drug-likeness (QED) is 0.479. The van der Waals surface area contributed by atoms with Gasteiger partial charge in [0.15, 0.2) is 0 Å². The maximum atomic E-state index is 11.6. The first-order valence-electron chi connectivity index (χ1n) is 7.37. The van der Waals surface area contributed by atoms with Crippen molar-refractivity contribution < 1.29 is 29.1 Å². The molecule has 0 saturated heterocycles. The molecule has 0 spiro atoms. The molecule has 0 N–H and O–H groups in total. The number of hydrogen-bond acceptors (Lipinski definition) is 6. The number of rotatable bonds is 4. The van der Waals surface area contributed by atoms with E-state index in [4.69, 9.17) is 4.74 Å². The molecular formula is C16H20O6. The lowest BCUT2D eigenvalue weighted by atomic mass is 9.89. The second-order valence-electron chi connectivity index (χ2n) is 5.64. The highest BCUT2D eigenvalue weighted by Crippen LogP contribution is 2.25. The molecular weight excluding hydrogens is 288 g/mol. The van der Waals surface area contributed by atoms with Gasteiger partial charge in [-0.25, -0.2) is 14.5 Å². The third kappa shape index (κ3) is 5.04. The first-order valence-corrected chi connectivity index (χ1v) is 7.37. The molecule has 0 aliphatic heterocycles. The van der Waals surface area contributed by atoms with E-state index in [1.165, 1.54) is 0 Å². The fourth-order valence-corrected chi connectivity index (χ4v) is 2.40. The maximum absolute atomic E-state index is 11.6.